The Morgan fingerprint density at radius 2 is 2.18 bits per heavy atom. The monoisotopic (exact) mass is 253 g/mol. The summed E-state index contributed by atoms with van der Waals surface area (Å²) in [5.74, 6) is -0.167. The van der Waals surface area contributed by atoms with Gasteiger partial charge in [-0.15, -0.1) is 0 Å². The van der Waals surface area contributed by atoms with Crippen LogP contribution in [0.3, 0.4) is 0 Å². The number of carbonyl (C=O) groups is 1. The number of thiol groups is 1. The van der Waals surface area contributed by atoms with Crippen molar-refractivity contribution in [1.29, 1.82) is 0 Å². The summed E-state index contributed by atoms with van der Waals surface area (Å²) in [5, 5.41) is -0.329. The van der Waals surface area contributed by atoms with E-state index in [9.17, 15) is 9.18 Å². The number of hydrogen-bond donors (Lipinski definition) is 1. The zero-order valence-electron chi connectivity index (χ0n) is 9.98. The predicted molar refractivity (Wildman–Crippen MR) is 70.1 cm³/mol. The number of nitrogens with zero attached hydrogens (tertiary/aromatic N) is 1. The Morgan fingerprint density at radius 3 is 2.82 bits per heavy atom. The molecule has 0 fully saturated rings. The van der Waals surface area contributed by atoms with Gasteiger partial charge in [-0.3, -0.25) is 4.79 Å². The lowest BCUT2D eigenvalue weighted by molar-refractivity contribution is -0.118. The summed E-state index contributed by atoms with van der Waals surface area (Å²) in [7, 11) is 0. The molecule has 1 heterocycles. The number of fused-ring (bicyclic) bond motifs is 1. The van der Waals surface area contributed by atoms with E-state index in [-0.39, 0.29) is 22.9 Å². The van der Waals surface area contributed by atoms with Crippen molar-refractivity contribution in [3.05, 3.63) is 29.6 Å². The molecule has 0 saturated carbocycles. The van der Waals surface area contributed by atoms with Crippen molar-refractivity contribution in [1.82, 2.24) is 0 Å². The molecule has 0 spiro atoms. The molecule has 2 rings (SSSR count). The van der Waals surface area contributed by atoms with Crippen molar-refractivity contribution in [3.8, 4) is 0 Å². The Hall–Kier alpha value is -1.03. The summed E-state index contributed by atoms with van der Waals surface area (Å²) in [5.41, 5.74) is 1.73. The Balaban J connectivity index is 2.27. The lowest BCUT2D eigenvalue weighted by atomic mass is 10.1. The molecule has 17 heavy (non-hydrogen) atoms. The highest BCUT2D eigenvalue weighted by Gasteiger charge is 2.30. The maximum Gasteiger partial charge on any atom is 0.240 e. The third-order valence-electron chi connectivity index (χ3n) is 3.09. The molecule has 1 aliphatic rings. The van der Waals surface area contributed by atoms with E-state index in [0.29, 0.717) is 12.2 Å². The van der Waals surface area contributed by atoms with Crippen LogP contribution in [0.2, 0.25) is 0 Å². The minimum absolute atomic E-state index is 0.0346. The quantitative estimate of drug-likeness (QED) is 0.803. The summed E-state index contributed by atoms with van der Waals surface area (Å²) >= 11 is 4.33. The van der Waals surface area contributed by atoms with Crippen molar-refractivity contribution >= 4 is 24.2 Å². The molecule has 0 aromatic heterocycles. The number of benzene rings is 1. The third-order valence-corrected chi connectivity index (χ3v) is 3.91. The molecular formula is C13H16FNOS. The highest BCUT2D eigenvalue weighted by atomic mass is 32.1. The molecule has 0 radical (unpaired) electrons. The van der Waals surface area contributed by atoms with Crippen LogP contribution < -0.4 is 4.90 Å². The molecule has 0 bridgehead atoms. The highest BCUT2D eigenvalue weighted by Crippen LogP contribution is 2.30. The van der Waals surface area contributed by atoms with Crippen molar-refractivity contribution in [3.63, 3.8) is 0 Å². The number of halogens is 1. The minimum Gasteiger partial charge on any atom is -0.311 e. The normalized spacial score (nSPS) is 16.2. The standard InChI is InChI=1S/C13H16FNOS/c1-8(2)12(17)13(16)15-6-5-9-3-4-10(14)7-11(9)15/h3-4,7-8,12,17H,5-6H2,1-2H3. The fourth-order valence-electron chi connectivity index (χ4n) is 2.03. The van der Waals surface area contributed by atoms with E-state index >= 15 is 0 Å². The summed E-state index contributed by atoms with van der Waals surface area (Å²) in [6.45, 7) is 4.54. The third kappa shape index (κ3) is 2.32. The molecule has 0 N–H and O–H groups in total. The Morgan fingerprint density at radius 1 is 1.47 bits per heavy atom. The molecule has 0 saturated heterocycles. The molecule has 92 valence electrons. The van der Waals surface area contributed by atoms with Crippen LogP contribution in [0.15, 0.2) is 18.2 Å². The molecule has 1 aromatic rings. The first-order valence-corrected chi connectivity index (χ1v) is 6.30. The van der Waals surface area contributed by atoms with E-state index in [0.717, 1.165) is 12.0 Å². The van der Waals surface area contributed by atoms with Gasteiger partial charge in [0, 0.05) is 12.2 Å². The van der Waals surface area contributed by atoms with Crippen LogP contribution in [0.1, 0.15) is 19.4 Å². The van der Waals surface area contributed by atoms with Gasteiger partial charge >= 0.3 is 0 Å². The topological polar surface area (TPSA) is 20.3 Å². The van der Waals surface area contributed by atoms with E-state index < -0.39 is 0 Å². The molecular weight excluding hydrogens is 237 g/mol. The molecule has 1 amide bonds. The van der Waals surface area contributed by atoms with E-state index in [1.165, 1.54) is 12.1 Å². The van der Waals surface area contributed by atoms with Gasteiger partial charge in [-0.2, -0.15) is 12.6 Å². The van der Waals surface area contributed by atoms with Gasteiger partial charge in [-0.1, -0.05) is 19.9 Å². The zero-order valence-corrected chi connectivity index (χ0v) is 10.9. The van der Waals surface area contributed by atoms with Gasteiger partial charge in [0.25, 0.3) is 0 Å². The molecule has 1 unspecified atom stereocenters. The SMILES string of the molecule is CC(C)C(S)C(=O)N1CCc2ccc(F)cc21. The fraction of sp³-hybridized carbons (Fsp3) is 0.462. The van der Waals surface area contributed by atoms with E-state index in [1.807, 2.05) is 13.8 Å². The summed E-state index contributed by atoms with van der Waals surface area (Å²) in [6, 6.07) is 4.62. The molecule has 1 atom stereocenters. The van der Waals surface area contributed by atoms with Crippen molar-refractivity contribution in [2.45, 2.75) is 25.5 Å². The van der Waals surface area contributed by atoms with Gasteiger partial charge in [0.2, 0.25) is 5.91 Å². The van der Waals surface area contributed by atoms with Gasteiger partial charge < -0.3 is 4.90 Å². The van der Waals surface area contributed by atoms with Crippen LogP contribution in [0.4, 0.5) is 10.1 Å². The second-order valence-corrected chi connectivity index (χ2v) is 5.26. The lowest BCUT2D eigenvalue weighted by Crippen LogP contribution is -2.38. The van der Waals surface area contributed by atoms with E-state index in [2.05, 4.69) is 12.6 Å². The van der Waals surface area contributed by atoms with E-state index in [1.54, 1.807) is 11.0 Å². The van der Waals surface area contributed by atoms with Crippen LogP contribution >= 0.6 is 12.6 Å². The Bertz CT molecular complexity index is 447. The Labute approximate surface area is 106 Å². The number of rotatable bonds is 2. The average molecular weight is 253 g/mol. The van der Waals surface area contributed by atoms with Gasteiger partial charge in [0.05, 0.1) is 5.25 Å². The molecule has 1 aliphatic heterocycles. The maximum absolute atomic E-state index is 13.2. The number of carbonyl (C=O) groups excluding carboxylic acids is 1. The lowest BCUT2D eigenvalue weighted by Gasteiger charge is -2.23. The van der Waals surface area contributed by atoms with Crippen molar-refractivity contribution < 1.29 is 9.18 Å². The number of amides is 1. The first-order chi connectivity index (χ1) is 8.00. The number of hydrogen-bond acceptors (Lipinski definition) is 2. The smallest absolute Gasteiger partial charge is 0.240 e. The maximum atomic E-state index is 13.2. The molecule has 4 heteroatoms. The fourth-order valence-corrected chi connectivity index (χ4v) is 2.17. The van der Waals surface area contributed by atoms with Crippen LogP contribution in [0.5, 0.6) is 0 Å². The van der Waals surface area contributed by atoms with Crippen molar-refractivity contribution in [2.75, 3.05) is 11.4 Å². The zero-order chi connectivity index (χ0) is 12.6. The van der Waals surface area contributed by atoms with Gasteiger partial charge in [0.15, 0.2) is 0 Å². The van der Waals surface area contributed by atoms with Gasteiger partial charge in [-0.05, 0) is 30.0 Å². The number of anilines is 1. The van der Waals surface area contributed by atoms with Gasteiger partial charge in [-0.25, -0.2) is 4.39 Å². The molecule has 0 aliphatic carbocycles. The van der Waals surface area contributed by atoms with Crippen LogP contribution in [0, 0.1) is 11.7 Å². The Kier molecular flexibility index (Phi) is 3.43. The minimum atomic E-state index is -0.329. The summed E-state index contributed by atoms with van der Waals surface area (Å²) < 4.78 is 13.2. The second-order valence-electron chi connectivity index (χ2n) is 4.70. The highest BCUT2D eigenvalue weighted by molar-refractivity contribution is 7.81. The predicted octanol–water partition coefficient (Wildman–Crippen LogP) is 2.67. The van der Waals surface area contributed by atoms with Crippen molar-refractivity contribution in [2.24, 2.45) is 5.92 Å². The first kappa shape index (κ1) is 12.4. The van der Waals surface area contributed by atoms with Crippen LogP contribution in [-0.4, -0.2) is 17.7 Å². The van der Waals surface area contributed by atoms with Crippen LogP contribution in [-0.2, 0) is 11.2 Å². The summed E-state index contributed by atoms with van der Waals surface area (Å²) in [6.07, 6.45) is 0.792. The first-order valence-electron chi connectivity index (χ1n) is 5.78. The molecule has 1 aromatic carbocycles. The largest absolute Gasteiger partial charge is 0.311 e. The van der Waals surface area contributed by atoms with E-state index in [4.69, 9.17) is 0 Å². The average Bonchev–Trinajstić information content (AvgIpc) is 2.69. The second kappa shape index (κ2) is 4.69. The van der Waals surface area contributed by atoms with Crippen LogP contribution in [0.25, 0.3) is 0 Å². The summed E-state index contributed by atoms with van der Waals surface area (Å²) in [4.78, 5) is 13.8. The molecule has 2 nitrogen and oxygen atoms in total. The van der Waals surface area contributed by atoms with Gasteiger partial charge in [0.1, 0.15) is 5.82 Å².